The number of amides is 1. The van der Waals surface area contributed by atoms with Crippen LogP contribution in [0, 0.1) is 0 Å². The summed E-state index contributed by atoms with van der Waals surface area (Å²) >= 11 is 0. The predicted molar refractivity (Wildman–Crippen MR) is 48.5 cm³/mol. The molecule has 0 radical (unpaired) electrons. The van der Waals surface area contributed by atoms with Crippen LogP contribution >= 0.6 is 0 Å². The van der Waals surface area contributed by atoms with Gasteiger partial charge in [0.05, 0.1) is 0 Å². The molecule has 2 fully saturated rings. The zero-order chi connectivity index (χ0) is 9.64. The van der Waals surface area contributed by atoms with E-state index < -0.39 is 0 Å². The van der Waals surface area contributed by atoms with Crippen LogP contribution in [0.1, 0.15) is 20.8 Å². The monoisotopic (exact) mass is 184 g/mol. The molecular weight excluding hydrogens is 168 g/mol. The maximum Gasteiger partial charge on any atom is 0.410 e. The van der Waals surface area contributed by atoms with Gasteiger partial charge >= 0.3 is 6.09 Å². The highest BCUT2D eigenvalue weighted by Crippen LogP contribution is 2.23. The Morgan fingerprint density at radius 1 is 1.38 bits per heavy atom. The summed E-state index contributed by atoms with van der Waals surface area (Å²) in [6.45, 7) is 7.28. The van der Waals surface area contributed by atoms with Gasteiger partial charge in [-0.05, 0) is 20.8 Å². The fourth-order valence-electron chi connectivity index (χ4n) is 1.60. The molecule has 0 aromatic heterocycles. The van der Waals surface area contributed by atoms with Gasteiger partial charge in [-0.25, -0.2) is 4.79 Å². The Balaban J connectivity index is 1.84. The van der Waals surface area contributed by atoms with Crippen molar-refractivity contribution < 1.29 is 9.53 Å². The van der Waals surface area contributed by atoms with Crippen LogP contribution in [0.15, 0.2) is 0 Å². The van der Waals surface area contributed by atoms with E-state index in [2.05, 4.69) is 5.32 Å². The lowest BCUT2D eigenvalue weighted by atomic mass is 10.2. The quantitative estimate of drug-likeness (QED) is 0.560. The first kappa shape index (κ1) is 8.81. The van der Waals surface area contributed by atoms with Gasteiger partial charge in [-0.2, -0.15) is 0 Å². The summed E-state index contributed by atoms with van der Waals surface area (Å²) in [6.07, 6.45) is -0.179. The molecule has 1 amide bonds. The number of nitrogens with one attached hydrogen (secondary N) is 1. The van der Waals surface area contributed by atoms with E-state index in [9.17, 15) is 4.79 Å². The Hall–Kier alpha value is -0.770. The number of ether oxygens (including phenoxy) is 1. The first-order chi connectivity index (χ1) is 5.96. The molecule has 0 saturated carbocycles. The molecule has 0 unspecified atom stereocenters. The van der Waals surface area contributed by atoms with Gasteiger partial charge < -0.3 is 15.0 Å². The highest BCUT2D eigenvalue weighted by atomic mass is 16.6. The normalized spacial score (nSPS) is 31.5. The Morgan fingerprint density at radius 3 is 2.38 bits per heavy atom. The molecule has 1 N–H and O–H groups in total. The molecule has 2 aliphatic rings. The van der Waals surface area contributed by atoms with Crippen LogP contribution in [0.2, 0.25) is 0 Å². The van der Waals surface area contributed by atoms with Crippen molar-refractivity contribution in [1.82, 2.24) is 10.2 Å². The van der Waals surface area contributed by atoms with Crippen LogP contribution in [-0.4, -0.2) is 41.8 Å². The molecule has 2 saturated heterocycles. The number of hydrogen-bond donors (Lipinski definition) is 1. The van der Waals surface area contributed by atoms with Crippen molar-refractivity contribution in [3.8, 4) is 0 Å². The highest BCUT2D eigenvalue weighted by Gasteiger charge is 2.47. The minimum atomic E-state index is -0.378. The van der Waals surface area contributed by atoms with Gasteiger partial charge in [-0.1, -0.05) is 0 Å². The number of hydrogen-bond acceptors (Lipinski definition) is 3. The predicted octanol–water partition coefficient (Wildman–Crippen LogP) is 0.577. The number of nitrogens with zero attached hydrogens (tertiary/aromatic N) is 1. The minimum Gasteiger partial charge on any atom is -0.444 e. The Labute approximate surface area is 78.2 Å². The summed E-state index contributed by atoms with van der Waals surface area (Å²) < 4.78 is 5.25. The van der Waals surface area contributed by atoms with Crippen molar-refractivity contribution in [1.29, 1.82) is 0 Å². The van der Waals surface area contributed by atoms with E-state index in [-0.39, 0.29) is 11.7 Å². The molecule has 0 aromatic carbocycles. The van der Waals surface area contributed by atoms with Gasteiger partial charge in [0.15, 0.2) is 0 Å². The Morgan fingerprint density at radius 2 is 1.92 bits per heavy atom. The average Bonchev–Trinajstić information content (AvgIpc) is 2.55. The van der Waals surface area contributed by atoms with Crippen LogP contribution in [-0.2, 0) is 4.74 Å². The number of likely N-dealkylation sites (tertiary alicyclic amines) is 1. The van der Waals surface area contributed by atoms with Gasteiger partial charge in [0, 0.05) is 25.2 Å². The van der Waals surface area contributed by atoms with Gasteiger partial charge in [0.1, 0.15) is 5.60 Å². The van der Waals surface area contributed by atoms with Crippen LogP contribution in [0.3, 0.4) is 0 Å². The third-order valence-corrected chi connectivity index (χ3v) is 2.29. The van der Waals surface area contributed by atoms with Crippen molar-refractivity contribution >= 4 is 6.09 Å². The lowest BCUT2D eigenvalue weighted by Gasteiger charge is -2.25. The third-order valence-electron chi connectivity index (χ3n) is 2.29. The topological polar surface area (TPSA) is 51.5 Å². The van der Waals surface area contributed by atoms with Crippen LogP contribution < -0.4 is 5.32 Å². The van der Waals surface area contributed by atoms with Crippen molar-refractivity contribution in [2.24, 2.45) is 0 Å². The lowest BCUT2D eigenvalue weighted by molar-refractivity contribution is 0.0279. The molecule has 2 rings (SSSR count). The van der Waals surface area contributed by atoms with E-state index >= 15 is 0 Å². The number of carbonyl (C=O) groups excluding carboxylic acids is 1. The van der Waals surface area contributed by atoms with Crippen molar-refractivity contribution in [3.05, 3.63) is 0 Å². The van der Waals surface area contributed by atoms with Crippen LogP contribution in [0.5, 0.6) is 0 Å². The van der Waals surface area contributed by atoms with Crippen molar-refractivity contribution in [2.75, 3.05) is 13.1 Å². The maximum atomic E-state index is 11.5. The minimum absolute atomic E-state index is 0.179. The SMILES string of the molecule is CC(C)(C)OC(=O)N1C[C@H]2N[C@@H]2C1. The van der Waals surface area contributed by atoms with Crippen LogP contribution in [0.25, 0.3) is 0 Å². The van der Waals surface area contributed by atoms with Crippen molar-refractivity contribution in [2.45, 2.75) is 38.5 Å². The first-order valence-electron chi connectivity index (χ1n) is 4.70. The number of rotatable bonds is 0. The Kier molecular flexibility index (Phi) is 1.77. The third kappa shape index (κ3) is 1.94. The summed E-state index contributed by atoms with van der Waals surface area (Å²) in [6, 6.07) is 1.07. The summed E-state index contributed by atoms with van der Waals surface area (Å²) in [5.41, 5.74) is -0.378. The largest absolute Gasteiger partial charge is 0.444 e. The number of piperazine rings is 1. The van der Waals surface area contributed by atoms with E-state index in [1.807, 2.05) is 20.8 Å². The second-order valence-electron chi connectivity index (χ2n) is 4.76. The molecule has 4 nitrogen and oxygen atoms in total. The molecule has 13 heavy (non-hydrogen) atoms. The summed E-state index contributed by atoms with van der Waals surface area (Å²) in [4.78, 5) is 13.3. The second-order valence-corrected chi connectivity index (χ2v) is 4.76. The fourth-order valence-corrected chi connectivity index (χ4v) is 1.60. The summed E-state index contributed by atoms with van der Waals surface area (Å²) in [5.74, 6) is 0. The standard InChI is InChI=1S/C9H16N2O2/c1-9(2,3)13-8(12)11-4-6-7(5-11)10-6/h6-7,10H,4-5H2,1-3H3/t6-,7-/m1/s1. The maximum absolute atomic E-state index is 11.5. The molecule has 0 aliphatic carbocycles. The molecule has 2 aliphatic heterocycles. The van der Waals surface area contributed by atoms with Gasteiger partial charge in [0.2, 0.25) is 0 Å². The van der Waals surface area contributed by atoms with Crippen molar-refractivity contribution in [3.63, 3.8) is 0 Å². The molecular formula is C9H16N2O2. The molecule has 4 heteroatoms. The molecule has 0 aromatic rings. The van der Waals surface area contributed by atoms with E-state index in [0.29, 0.717) is 12.1 Å². The zero-order valence-electron chi connectivity index (χ0n) is 8.33. The van der Waals surface area contributed by atoms with E-state index in [0.717, 1.165) is 13.1 Å². The molecule has 0 spiro atoms. The Bertz CT molecular complexity index is 224. The summed E-state index contributed by atoms with van der Waals surface area (Å²) in [5, 5.41) is 3.27. The van der Waals surface area contributed by atoms with E-state index in [1.54, 1.807) is 4.90 Å². The number of fused-ring (bicyclic) bond motifs is 1. The van der Waals surface area contributed by atoms with Gasteiger partial charge in [0.25, 0.3) is 0 Å². The molecule has 2 atom stereocenters. The smallest absolute Gasteiger partial charge is 0.410 e. The van der Waals surface area contributed by atoms with Crippen LogP contribution in [0.4, 0.5) is 4.79 Å². The van der Waals surface area contributed by atoms with Gasteiger partial charge in [-0.15, -0.1) is 0 Å². The first-order valence-corrected chi connectivity index (χ1v) is 4.70. The highest BCUT2D eigenvalue weighted by molar-refractivity contribution is 5.69. The molecule has 0 bridgehead atoms. The number of carbonyl (C=O) groups is 1. The van der Waals surface area contributed by atoms with Gasteiger partial charge in [-0.3, -0.25) is 0 Å². The van der Waals surface area contributed by atoms with E-state index in [4.69, 9.17) is 4.74 Å². The zero-order valence-corrected chi connectivity index (χ0v) is 8.33. The molecule has 2 heterocycles. The molecule has 74 valence electrons. The van der Waals surface area contributed by atoms with E-state index in [1.165, 1.54) is 0 Å². The summed E-state index contributed by atoms with van der Waals surface area (Å²) in [7, 11) is 0. The fraction of sp³-hybridized carbons (Fsp3) is 0.889. The second kappa shape index (κ2) is 2.61. The average molecular weight is 184 g/mol. The lowest BCUT2D eigenvalue weighted by Crippen LogP contribution is -2.38.